The fourth-order valence-electron chi connectivity index (χ4n) is 5.92. The molecule has 3 atom stereocenters. The van der Waals surface area contributed by atoms with Gasteiger partial charge < -0.3 is 39.4 Å². The first-order valence-electron chi connectivity index (χ1n) is 20.9. The van der Waals surface area contributed by atoms with Crippen molar-refractivity contribution in [3.05, 3.63) is 0 Å². The number of aliphatic carboxylic acids is 2. The molecule has 0 saturated heterocycles. The van der Waals surface area contributed by atoms with Crippen molar-refractivity contribution in [3.8, 4) is 0 Å². The number of carboxylic acid groups (broad SMARTS) is 2. The summed E-state index contributed by atoms with van der Waals surface area (Å²) in [6, 6.07) is 0. The zero-order valence-electron chi connectivity index (χ0n) is 35.0. The van der Waals surface area contributed by atoms with Gasteiger partial charge in [-0.25, -0.2) is 9.59 Å². The average molecular weight is 931 g/mol. The fraction of sp³-hybridized carbons (Fsp3) is 0.800. The van der Waals surface area contributed by atoms with Gasteiger partial charge in [-0.2, -0.15) is 8.42 Å². The molecule has 0 radical (unpaired) electrons. The van der Waals surface area contributed by atoms with E-state index < -0.39 is 106 Å². The summed E-state index contributed by atoms with van der Waals surface area (Å²) < 4.78 is 51.7. The molecule has 3 unspecified atom stereocenters. The van der Waals surface area contributed by atoms with Crippen LogP contribution in [0.2, 0.25) is 0 Å². The van der Waals surface area contributed by atoms with Gasteiger partial charge in [0, 0.05) is 0 Å². The van der Waals surface area contributed by atoms with Crippen molar-refractivity contribution in [2.24, 2.45) is 0 Å². The minimum atomic E-state index is -5.63. The predicted molar refractivity (Wildman–Crippen MR) is 226 cm³/mol. The molecule has 0 fully saturated rings. The van der Waals surface area contributed by atoms with Crippen molar-refractivity contribution >= 4 is 117 Å². The molecule has 5 N–H and O–H groups in total. The monoisotopic (exact) mass is 930 g/mol. The predicted octanol–water partition coefficient (Wildman–Crippen LogP) is 3.60. The van der Waals surface area contributed by atoms with Crippen LogP contribution >= 0.6 is 0 Å². The van der Waals surface area contributed by atoms with E-state index in [-0.39, 0.29) is 72.3 Å². The van der Waals surface area contributed by atoms with Gasteiger partial charge in [0.15, 0.2) is 16.5 Å². The molecule has 0 aliphatic rings. The van der Waals surface area contributed by atoms with E-state index in [9.17, 15) is 71.8 Å². The van der Waals surface area contributed by atoms with E-state index in [2.05, 4.69) is 23.3 Å². The Morgan fingerprint density at radius 1 is 0.468 bits per heavy atom. The molecule has 0 saturated carbocycles. The van der Waals surface area contributed by atoms with E-state index in [1.54, 1.807) is 0 Å². The van der Waals surface area contributed by atoms with Gasteiger partial charge in [-0.05, 0) is 12.8 Å². The van der Waals surface area contributed by atoms with Crippen LogP contribution in [0.1, 0.15) is 174 Å². The van der Waals surface area contributed by atoms with Crippen LogP contribution in [0.5, 0.6) is 0 Å². The number of carbonyl (C=O) groups is 8. The zero-order valence-corrected chi connectivity index (χ0v) is 35.8. The number of hydrogen-bond acceptors (Lipinski definition) is 16. The van der Waals surface area contributed by atoms with Gasteiger partial charge in [0.25, 0.3) is 10.1 Å². The van der Waals surface area contributed by atoms with Gasteiger partial charge in [0.1, 0.15) is 0 Å². The molecule has 0 aromatic heterocycles. The summed E-state index contributed by atoms with van der Waals surface area (Å²) in [7, 11) is -5.63. The molecule has 0 aromatic carbocycles. The molecular weight excluding hydrogens is 862 g/mol. The van der Waals surface area contributed by atoms with Crippen LogP contribution in [0, 0.1) is 0 Å². The van der Waals surface area contributed by atoms with E-state index >= 15 is 0 Å². The van der Waals surface area contributed by atoms with Crippen LogP contribution in [0.15, 0.2) is 0 Å². The molecule has 0 heterocycles. The van der Waals surface area contributed by atoms with Gasteiger partial charge in [0.05, 0.1) is 45.3 Å². The number of rotatable bonds is 36. The normalized spacial score (nSPS) is 13.4. The Labute approximate surface area is 408 Å². The number of hydrogen-bond donors (Lipinski definition) is 5. The molecule has 0 aliphatic heterocycles. The third-order valence-electron chi connectivity index (χ3n) is 9.48. The molecular formula is C40H68Na2O19S. The van der Waals surface area contributed by atoms with Crippen LogP contribution in [0.25, 0.3) is 0 Å². The van der Waals surface area contributed by atoms with Crippen molar-refractivity contribution in [2.45, 2.75) is 191 Å². The Kier molecular flexibility index (Phi) is 37.6. The molecule has 22 heteroatoms. The van der Waals surface area contributed by atoms with Crippen LogP contribution in [0.3, 0.4) is 0 Å². The van der Waals surface area contributed by atoms with E-state index in [1.165, 1.54) is 38.5 Å². The second-order valence-corrected chi connectivity index (χ2v) is 16.6. The second-order valence-electron chi connectivity index (χ2n) is 15.0. The fourth-order valence-corrected chi connectivity index (χ4v) is 6.55. The zero-order chi connectivity index (χ0) is 45.6. The number of unbranched alkanes of at least 4 members (excludes halogenated alkanes) is 18. The summed E-state index contributed by atoms with van der Waals surface area (Å²) in [5.41, 5.74) is -6.33. The molecule has 0 aliphatic carbocycles. The first-order chi connectivity index (χ1) is 28.2. The standard InChI is InChI=1S/C40H66O19S.2Na.2H/c1-3-5-7-9-11-13-15-17-19-21-23-56-32(42)26-39(51,37(47)48)28-34(44)58-31(41)25-30(60(53,54)55)36(46)59-35(45)29-40(52,38(49)50)27-33(43)57-24-22-20-18-16-14-12-10-8-6-4-2;;;;/h30,51-52H,3-29H2,1-2H3,(H,47,48)(H,49,50)(H,53,54,55);;;;. The summed E-state index contributed by atoms with van der Waals surface area (Å²) in [4.78, 5) is 97.6. The number of aliphatic hydroxyl groups is 2. The summed E-state index contributed by atoms with van der Waals surface area (Å²) in [5, 5.41) is 36.9. The SMILES string of the molecule is CCCCCCCCCCCCOC(=O)CC(O)(CC(=O)OC(=O)CC(C(=O)OC(=O)CC(O)(CC(=O)OCCCCCCCCCCCC)C(=O)O)S(=O)(=O)O)C(=O)O.[NaH].[NaH]. The van der Waals surface area contributed by atoms with Crippen molar-refractivity contribution in [1.82, 2.24) is 0 Å². The molecule has 0 bridgehead atoms. The summed E-state index contributed by atoms with van der Waals surface area (Å²) >= 11 is 0. The Balaban J connectivity index is -0.0000174. The Hall–Kier alpha value is -2.01. The maximum atomic E-state index is 12.5. The summed E-state index contributed by atoms with van der Waals surface area (Å²) in [6.07, 6.45) is 12.6. The first-order valence-corrected chi connectivity index (χ1v) is 22.4. The van der Waals surface area contributed by atoms with Crippen LogP contribution in [0.4, 0.5) is 0 Å². The quantitative estimate of drug-likeness (QED) is 0.0150. The summed E-state index contributed by atoms with van der Waals surface area (Å²) in [5.74, 6) is -14.4. The van der Waals surface area contributed by atoms with E-state index in [0.717, 1.165) is 77.0 Å². The Morgan fingerprint density at radius 3 is 1.06 bits per heavy atom. The van der Waals surface area contributed by atoms with Crippen LogP contribution in [-0.2, 0) is 67.4 Å². The number of esters is 6. The third kappa shape index (κ3) is 31.0. The molecule has 0 rings (SSSR count). The topological polar surface area (TPSA) is 309 Å². The number of ether oxygens (including phenoxy) is 4. The Bertz CT molecular complexity index is 1490. The van der Waals surface area contributed by atoms with Crippen LogP contribution < -0.4 is 0 Å². The van der Waals surface area contributed by atoms with E-state index in [4.69, 9.17) is 9.47 Å². The van der Waals surface area contributed by atoms with Gasteiger partial charge >= 0.3 is 107 Å². The van der Waals surface area contributed by atoms with Crippen molar-refractivity contribution in [1.29, 1.82) is 0 Å². The second kappa shape index (κ2) is 36.2. The molecule has 0 amide bonds. The van der Waals surface area contributed by atoms with Crippen molar-refractivity contribution in [2.75, 3.05) is 13.2 Å². The van der Waals surface area contributed by atoms with E-state index in [0.29, 0.717) is 12.8 Å². The van der Waals surface area contributed by atoms with Gasteiger partial charge in [-0.15, -0.1) is 0 Å². The molecule has 350 valence electrons. The number of carboxylic acids is 2. The summed E-state index contributed by atoms with van der Waals surface area (Å²) in [6.45, 7) is 4.08. The third-order valence-corrected chi connectivity index (χ3v) is 10.6. The minimum absolute atomic E-state index is 0. The van der Waals surface area contributed by atoms with Crippen LogP contribution in [-0.4, -0.2) is 170 Å². The molecule has 62 heavy (non-hydrogen) atoms. The van der Waals surface area contributed by atoms with Gasteiger partial charge in [0.2, 0.25) is 0 Å². The van der Waals surface area contributed by atoms with Gasteiger partial charge in [-0.1, -0.05) is 129 Å². The molecule has 0 aromatic rings. The van der Waals surface area contributed by atoms with Crippen molar-refractivity contribution in [3.63, 3.8) is 0 Å². The number of carbonyl (C=O) groups excluding carboxylic acids is 6. The average Bonchev–Trinajstić information content (AvgIpc) is 3.14. The Morgan fingerprint density at radius 2 is 0.758 bits per heavy atom. The van der Waals surface area contributed by atoms with Crippen molar-refractivity contribution < 1.29 is 90.7 Å². The van der Waals surface area contributed by atoms with E-state index in [1.807, 2.05) is 0 Å². The molecule has 0 spiro atoms. The van der Waals surface area contributed by atoms with Gasteiger partial charge in [-0.3, -0.25) is 33.3 Å². The molecule has 19 nitrogen and oxygen atoms in total. The maximum absolute atomic E-state index is 12.5. The first kappa shape index (κ1) is 64.3.